The fraction of sp³-hybridized carbons (Fsp3) is 0.500. The van der Waals surface area contributed by atoms with Gasteiger partial charge in [0, 0.05) is 30.8 Å². The van der Waals surface area contributed by atoms with E-state index in [1.165, 1.54) is 24.3 Å². The molecule has 1 aromatic carbocycles. The molecule has 1 heterocycles. The molecule has 0 aliphatic carbocycles. The third-order valence-corrected chi connectivity index (χ3v) is 3.94. The van der Waals surface area contributed by atoms with Gasteiger partial charge in [-0.25, -0.2) is 0 Å². The van der Waals surface area contributed by atoms with Crippen molar-refractivity contribution in [1.29, 1.82) is 0 Å². The summed E-state index contributed by atoms with van der Waals surface area (Å²) in [6, 6.07) is 5.45. The van der Waals surface area contributed by atoms with Crippen LogP contribution in [0.5, 0.6) is 0 Å². The lowest BCUT2D eigenvalue weighted by Crippen LogP contribution is -2.46. The molecule has 1 aliphatic heterocycles. The fourth-order valence-electron chi connectivity index (χ4n) is 3.00. The Bertz CT molecular complexity index is 607. The van der Waals surface area contributed by atoms with Gasteiger partial charge in [-0.3, -0.25) is 19.7 Å². The second-order valence-electron chi connectivity index (χ2n) is 6.23. The number of piperidine rings is 1. The molecule has 0 spiro atoms. The first kappa shape index (κ1) is 16.9. The third-order valence-electron chi connectivity index (χ3n) is 3.94. The standard InChI is InChI=1S/C16H21N3O4/c1-11-6-12(2)10-18(9-11)15(20)8-17-16(21)13-4-3-5-14(7-13)19(22)23/h3-5,7,11-12H,6,8-10H2,1-2H3,(H,17,21). The van der Waals surface area contributed by atoms with Crippen LogP contribution < -0.4 is 5.32 Å². The van der Waals surface area contributed by atoms with E-state index >= 15 is 0 Å². The zero-order chi connectivity index (χ0) is 17.0. The summed E-state index contributed by atoms with van der Waals surface area (Å²) in [5.74, 6) is 0.299. The second-order valence-corrected chi connectivity index (χ2v) is 6.23. The maximum Gasteiger partial charge on any atom is 0.270 e. The lowest BCUT2D eigenvalue weighted by atomic mass is 9.92. The predicted octanol–water partition coefficient (Wildman–Crippen LogP) is 1.83. The maximum absolute atomic E-state index is 12.2. The lowest BCUT2D eigenvalue weighted by Gasteiger charge is -2.35. The van der Waals surface area contributed by atoms with Gasteiger partial charge in [-0.1, -0.05) is 19.9 Å². The normalized spacial score (nSPS) is 20.9. The van der Waals surface area contributed by atoms with Crippen LogP contribution in [0, 0.1) is 22.0 Å². The van der Waals surface area contributed by atoms with Crippen LogP contribution in [0.3, 0.4) is 0 Å². The van der Waals surface area contributed by atoms with Crippen LogP contribution >= 0.6 is 0 Å². The third kappa shape index (κ3) is 4.51. The van der Waals surface area contributed by atoms with Crippen molar-refractivity contribution in [3.05, 3.63) is 39.9 Å². The minimum atomic E-state index is -0.557. The molecule has 7 nitrogen and oxygen atoms in total. The minimum Gasteiger partial charge on any atom is -0.343 e. The Kier molecular flexibility index (Phi) is 5.31. The number of hydrogen-bond acceptors (Lipinski definition) is 4. The number of hydrogen-bond donors (Lipinski definition) is 1. The number of likely N-dealkylation sites (tertiary alicyclic amines) is 1. The Morgan fingerprint density at radius 2 is 1.96 bits per heavy atom. The average Bonchev–Trinajstić information content (AvgIpc) is 2.51. The molecule has 124 valence electrons. The molecule has 1 aliphatic rings. The molecule has 2 atom stereocenters. The van der Waals surface area contributed by atoms with Crippen molar-refractivity contribution in [3.8, 4) is 0 Å². The molecule has 7 heteroatoms. The van der Waals surface area contributed by atoms with E-state index < -0.39 is 10.8 Å². The summed E-state index contributed by atoms with van der Waals surface area (Å²) >= 11 is 0. The first-order valence-corrected chi connectivity index (χ1v) is 7.67. The molecule has 0 aromatic heterocycles. The van der Waals surface area contributed by atoms with Gasteiger partial charge in [0.1, 0.15) is 0 Å². The van der Waals surface area contributed by atoms with Crippen molar-refractivity contribution < 1.29 is 14.5 Å². The first-order valence-electron chi connectivity index (χ1n) is 7.67. The van der Waals surface area contributed by atoms with Crippen LogP contribution in [-0.2, 0) is 4.79 Å². The molecule has 2 unspecified atom stereocenters. The molecule has 0 saturated carbocycles. The Morgan fingerprint density at radius 3 is 2.57 bits per heavy atom. The number of nitro groups is 1. The highest BCUT2D eigenvalue weighted by Gasteiger charge is 2.25. The molecule has 1 saturated heterocycles. The summed E-state index contributed by atoms with van der Waals surface area (Å²) in [7, 11) is 0. The Hall–Kier alpha value is -2.44. The molecule has 1 fully saturated rings. The van der Waals surface area contributed by atoms with Crippen LogP contribution in [0.25, 0.3) is 0 Å². The number of benzene rings is 1. The topological polar surface area (TPSA) is 92.6 Å². The molecule has 1 N–H and O–H groups in total. The summed E-state index contributed by atoms with van der Waals surface area (Å²) in [4.78, 5) is 36.2. The smallest absolute Gasteiger partial charge is 0.270 e. The van der Waals surface area contributed by atoms with Crippen molar-refractivity contribution in [2.45, 2.75) is 20.3 Å². The van der Waals surface area contributed by atoms with Gasteiger partial charge in [0.2, 0.25) is 5.91 Å². The quantitative estimate of drug-likeness (QED) is 0.677. The molecule has 2 amide bonds. The SMILES string of the molecule is CC1CC(C)CN(C(=O)CNC(=O)c2cccc([N+](=O)[O-])c2)C1. The number of nitrogens with one attached hydrogen (secondary N) is 1. The van der Waals surface area contributed by atoms with E-state index in [0.29, 0.717) is 24.9 Å². The molecule has 1 aromatic rings. The number of nitrogens with zero attached hydrogens (tertiary/aromatic N) is 2. The molecular weight excluding hydrogens is 298 g/mol. The molecule has 2 rings (SSSR count). The van der Waals surface area contributed by atoms with Crippen molar-refractivity contribution in [1.82, 2.24) is 10.2 Å². The summed E-state index contributed by atoms with van der Waals surface area (Å²) in [5, 5.41) is 13.3. The second kappa shape index (κ2) is 7.21. The van der Waals surface area contributed by atoms with E-state index in [1.807, 2.05) is 0 Å². The van der Waals surface area contributed by atoms with E-state index in [9.17, 15) is 19.7 Å². The van der Waals surface area contributed by atoms with Gasteiger partial charge in [0.25, 0.3) is 11.6 Å². The zero-order valence-electron chi connectivity index (χ0n) is 13.3. The maximum atomic E-state index is 12.2. The number of nitro benzene ring substituents is 1. The Labute approximate surface area is 134 Å². The monoisotopic (exact) mass is 319 g/mol. The van der Waals surface area contributed by atoms with Crippen molar-refractivity contribution in [2.24, 2.45) is 11.8 Å². The van der Waals surface area contributed by atoms with Gasteiger partial charge in [0.05, 0.1) is 11.5 Å². The van der Waals surface area contributed by atoms with Gasteiger partial charge in [-0.05, 0) is 24.3 Å². The molecule has 23 heavy (non-hydrogen) atoms. The predicted molar refractivity (Wildman–Crippen MR) is 85.0 cm³/mol. The van der Waals surface area contributed by atoms with Crippen LogP contribution in [0.15, 0.2) is 24.3 Å². The van der Waals surface area contributed by atoms with Gasteiger partial charge in [-0.2, -0.15) is 0 Å². The number of carbonyl (C=O) groups excluding carboxylic acids is 2. The van der Waals surface area contributed by atoms with Crippen molar-refractivity contribution in [2.75, 3.05) is 19.6 Å². The Morgan fingerprint density at radius 1 is 1.30 bits per heavy atom. The van der Waals surface area contributed by atoms with Gasteiger partial charge < -0.3 is 10.2 Å². The van der Waals surface area contributed by atoms with E-state index in [4.69, 9.17) is 0 Å². The highest BCUT2D eigenvalue weighted by Crippen LogP contribution is 2.20. The Balaban J connectivity index is 1.92. The largest absolute Gasteiger partial charge is 0.343 e. The highest BCUT2D eigenvalue weighted by molar-refractivity contribution is 5.96. The summed E-state index contributed by atoms with van der Waals surface area (Å²) in [6.07, 6.45) is 1.10. The van der Waals surface area contributed by atoms with Crippen LogP contribution in [0.1, 0.15) is 30.6 Å². The van der Waals surface area contributed by atoms with Crippen molar-refractivity contribution >= 4 is 17.5 Å². The number of non-ortho nitro benzene ring substituents is 1. The molecule has 0 radical (unpaired) electrons. The number of carbonyl (C=O) groups is 2. The lowest BCUT2D eigenvalue weighted by molar-refractivity contribution is -0.384. The van der Waals surface area contributed by atoms with E-state index in [0.717, 1.165) is 6.42 Å². The fourth-order valence-corrected chi connectivity index (χ4v) is 3.00. The molecular formula is C16H21N3O4. The van der Waals surface area contributed by atoms with Crippen LogP contribution in [0.4, 0.5) is 5.69 Å². The van der Waals surface area contributed by atoms with E-state index in [2.05, 4.69) is 19.2 Å². The highest BCUT2D eigenvalue weighted by atomic mass is 16.6. The first-order chi connectivity index (χ1) is 10.9. The minimum absolute atomic E-state index is 0.0963. The van der Waals surface area contributed by atoms with Crippen LogP contribution in [0.2, 0.25) is 0 Å². The van der Waals surface area contributed by atoms with Gasteiger partial charge in [0.15, 0.2) is 0 Å². The molecule has 0 bridgehead atoms. The van der Waals surface area contributed by atoms with Gasteiger partial charge in [-0.15, -0.1) is 0 Å². The zero-order valence-corrected chi connectivity index (χ0v) is 13.3. The van der Waals surface area contributed by atoms with Gasteiger partial charge >= 0.3 is 0 Å². The van der Waals surface area contributed by atoms with Crippen LogP contribution in [-0.4, -0.2) is 41.3 Å². The number of amides is 2. The summed E-state index contributed by atoms with van der Waals surface area (Å²) in [6.45, 7) is 5.53. The number of rotatable bonds is 4. The van der Waals surface area contributed by atoms with Crippen molar-refractivity contribution in [3.63, 3.8) is 0 Å². The summed E-state index contributed by atoms with van der Waals surface area (Å²) < 4.78 is 0. The average molecular weight is 319 g/mol. The van der Waals surface area contributed by atoms with E-state index in [-0.39, 0.29) is 23.7 Å². The van der Waals surface area contributed by atoms with E-state index in [1.54, 1.807) is 4.90 Å². The summed E-state index contributed by atoms with van der Waals surface area (Å²) in [5.41, 5.74) is 0.0232.